The van der Waals surface area contributed by atoms with Crippen molar-refractivity contribution in [2.45, 2.75) is 277 Å². The van der Waals surface area contributed by atoms with Crippen LogP contribution < -0.4 is 0 Å². The molecular formula is C64H108O6. The summed E-state index contributed by atoms with van der Waals surface area (Å²) in [5.41, 5.74) is 0. The zero-order valence-electron chi connectivity index (χ0n) is 45.8. The monoisotopic (exact) mass is 973 g/mol. The molecule has 0 spiro atoms. The maximum atomic E-state index is 12.8. The third-order valence-corrected chi connectivity index (χ3v) is 12.4. The molecule has 0 rings (SSSR count). The van der Waals surface area contributed by atoms with Crippen molar-refractivity contribution in [2.24, 2.45) is 0 Å². The molecule has 0 heterocycles. The van der Waals surface area contributed by atoms with Gasteiger partial charge >= 0.3 is 17.9 Å². The summed E-state index contributed by atoms with van der Waals surface area (Å²) in [4.78, 5) is 38.0. The molecule has 0 aliphatic carbocycles. The molecule has 0 saturated carbocycles. The van der Waals surface area contributed by atoms with Crippen LogP contribution in [0, 0.1) is 0 Å². The van der Waals surface area contributed by atoms with Crippen molar-refractivity contribution >= 4 is 17.9 Å². The quantitative estimate of drug-likeness (QED) is 0.0262. The molecule has 1 atom stereocenters. The number of carbonyl (C=O) groups excluding carboxylic acids is 3. The highest BCUT2D eigenvalue weighted by Gasteiger charge is 2.19. The van der Waals surface area contributed by atoms with Crippen molar-refractivity contribution in [2.75, 3.05) is 13.2 Å². The van der Waals surface area contributed by atoms with Crippen molar-refractivity contribution in [3.05, 3.63) is 97.2 Å². The maximum Gasteiger partial charge on any atom is 0.306 e. The van der Waals surface area contributed by atoms with E-state index in [9.17, 15) is 14.4 Å². The zero-order chi connectivity index (χ0) is 50.7. The van der Waals surface area contributed by atoms with Crippen LogP contribution in [0.3, 0.4) is 0 Å². The van der Waals surface area contributed by atoms with Gasteiger partial charge in [0.25, 0.3) is 0 Å². The van der Waals surface area contributed by atoms with E-state index in [0.29, 0.717) is 19.3 Å². The Balaban J connectivity index is 4.29. The van der Waals surface area contributed by atoms with Crippen LogP contribution in [0.25, 0.3) is 0 Å². The lowest BCUT2D eigenvalue weighted by atomic mass is 10.0. The number of carbonyl (C=O) groups is 3. The molecule has 0 saturated heterocycles. The van der Waals surface area contributed by atoms with Gasteiger partial charge in [0.1, 0.15) is 13.2 Å². The van der Waals surface area contributed by atoms with Gasteiger partial charge in [0.15, 0.2) is 6.10 Å². The number of rotatable bonds is 52. The van der Waals surface area contributed by atoms with E-state index in [1.807, 2.05) is 0 Å². The second-order valence-corrected chi connectivity index (χ2v) is 19.2. The molecule has 0 aliphatic heterocycles. The Labute approximate surface area is 432 Å². The van der Waals surface area contributed by atoms with E-state index in [2.05, 4.69) is 118 Å². The number of unbranched alkanes of at least 4 members (excludes halogenated alkanes) is 25. The van der Waals surface area contributed by atoms with Crippen LogP contribution in [0.15, 0.2) is 97.2 Å². The van der Waals surface area contributed by atoms with Gasteiger partial charge in [-0.05, 0) is 83.5 Å². The Morgan fingerprint density at radius 1 is 0.300 bits per heavy atom. The van der Waals surface area contributed by atoms with Gasteiger partial charge in [-0.3, -0.25) is 14.4 Å². The molecule has 0 N–H and O–H groups in total. The van der Waals surface area contributed by atoms with E-state index in [-0.39, 0.29) is 31.1 Å². The summed E-state index contributed by atoms with van der Waals surface area (Å²) in [5.74, 6) is -0.905. The van der Waals surface area contributed by atoms with Crippen molar-refractivity contribution in [1.29, 1.82) is 0 Å². The van der Waals surface area contributed by atoms with Crippen molar-refractivity contribution in [1.82, 2.24) is 0 Å². The van der Waals surface area contributed by atoms with Gasteiger partial charge in [-0.15, -0.1) is 0 Å². The Bertz CT molecular complexity index is 1400. The van der Waals surface area contributed by atoms with Crippen LogP contribution in [-0.4, -0.2) is 37.2 Å². The van der Waals surface area contributed by atoms with Crippen molar-refractivity contribution in [3.8, 4) is 0 Å². The van der Waals surface area contributed by atoms with Gasteiger partial charge < -0.3 is 14.2 Å². The molecule has 0 aromatic carbocycles. The average molecular weight is 974 g/mol. The summed E-state index contributed by atoms with van der Waals surface area (Å²) >= 11 is 0. The summed E-state index contributed by atoms with van der Waals surface area (Å²) in [6, 6.07) is 0. The molecule has 400 valence electrons. The van der Waals surface area contributed by atoms with E-state index in [1.165, 1.54) is 109 Å². The lowest BCUT2D eigenvalue weighted by Crippen LogP contribution is -2.30. The van der Waals surface area contributed by atoms with Crippen molar-refractivity contribution < 1.29 is 28.6 Å². The van der Waals surface area contributed by atoms with E-state index >= 15 is 0 Å². The van der Waals surface area contributed by atoms with Crippen LogP contribution >= 0.6 is 0 Å². The summed E-state index contributed by atoms with van der Waals surface area (Å²) in [7, 11) is 0. The predicted octanol–water partition coefficient (Wildman–Crippen LogP) is 19.7. The normalized spacial score (nSPS) is 12.8. The average Bonchev–Trinajstić information content (AvgIpc) is 3.36. The second-order valence-electron chi connectivity index (χ2n) is 19.2. The summed E-state index contributed by atoms with van der Waals surface area (Å²) in [5, 5.41) is 0. The fourth-order valence-corrected chi connectivity index (χ4v) is 7.99. The minimum absolute atomic E-state index is 0.0822. The third kappa shape index (κ3) is 55.3. The number of esters is 3. The first-order chi connectivity index (χ1) is 34.5. The highest BCUT2D eigenvalue weighted by Crippen LogP contribution is 2.15. The highest BCUT2D eigenvalue weighted by atomic mass is 16.6. The van der Waals surface area contributed by atoms with Crippen LogP contribution in [0.4, 0.5) is 0 Å². The van der Waals surface area contributed by atoms with Crippen LogP contribution in [0.2, 0.25) is 0 Å². The summed E-state index contributed by atoms with van der Waals surface area (Å²) < 4.78 is 16.8. The van der Waals surface area contributed by atoms with Crippen molar-refractivity contribution in [3.63, 3.8) is 0 Å². The summed E-state index contributed by atoms with van der Waals surface area (Å²) in [6.45, 7) is 6.50. The van der Waals surface area contributed by atoms with Gasteiger partial charge in [0.05, 0.1) is 0 Å². The Kier molecular flexibility index (Phi) is 54.9. The minimum atomic E-state index is -0.784. The Morgan fingerprint density at radius 2 is 0.557 bits per heavy atom. The Morgan fingerprint density at radius 3 is 0.871 bits per heavy atom. The van der Waals surface area contributed by atoms with Gasteiger partial charge in [0, 0.05) is 19.3 Å². The predicted molar refractivity (Wildman–Crippen MR) is 302 cm³/mol. The fourth-order valence-electron chi connectivity index (χ4n) is 7.99. The standard InChI is InChI=1S/C64H108O6/c1-4-7-10-13-16-19-22-24-25-26-27-28-29-30-31-32-33-34-35-36-37-38-39-40-43-45-48-51-54-57-63(66)69-60-61(59-68-62(65)56-53-50-47-44-41-21-18-15-12-9-6-3)70-64(67)58-55-52-49-46-42-23-20-17-14-11-8-5-2/h7,10,16,19,24-25,27-28,30-31,33-34,36-37,39-40,61H,4-6,8-9,11-15,17-18,20-23,26,29,32,35,38,41-60H2,1-3H3/b10-7-,19-16-,25-24-,28-27-,31-30-,34-33-,37-36-,40-39-. The first kappa shape index (κ1) is 66.3. The van der Waals surface area contributed by atoms with E-state index < -0.39 is 6.10 Å². The lowest BCUT2D eigenvalue weighted by Gasteiger charge is -2.18. The van der Waals surface area contributed by atoms with Crippen LogP contribution in [0.1, 0.15) is 271 Å². The van der Waals surface area contributed by atoms with Gasteiger partial charge in [-0.25, -0.2) is 0 Å². The molecule has 1 unspecified atom stereocenters. The molecule has 0 aliphatic rings. The summed E-state index contributed by atoms with van der Waals surface area (Å²) in [6.07, 6.45) is 76.9. The molecular weight excluding hydrogens is 865 g/mol. The van der Waals surface area contributed by atoms with Crippen LogP contribution in [0.5, 0.6) is 0 Å². The van der Waals surface area contributed by atoms with E-state index in [0.717, 1.165) is 122 Å². The number of hydrogen-bond acceptors (Lipinski definition) is 6. The molecule has 0 aromatic rings. The zero-order valence-corrected chi connectivity index (χ0v) is 45.8. The largest absolute Gasteiger partial charge is 0.462 e. The third-order valence-electron chi connectivity index (χ3n) is 12.4. The first-order valence-corrected chi connectivity index (χ1v) is 29.2. The minimum Gasteiger partial charge on any atom is -0.462 e. The smallest absolute Gasteiger partial charge is 0.306 e. The Hall–Kier alpha value is -3.67. The lowest BCUT2D eigenvalue weighted by molar-refractivity contribution is -0.167. The second kappa shape index (κ2) is 57.9. The van der Waals surface area contributed by atoms with Gasteiger partial charge in [0.2, 0.25) is 0 Å². The van der Waals surface area contributed by atoms with Gasteiger partial charge in [-0.2, -0.15) is 0 Å². The first-order valence-electron chi connectivity index (χ1n) is 29.2. The van der Waals surface area contributed by atoms with E-state index in [4.69, 9.17) is 14.2 Å². The number of hydrogen-bond donors (Lipinski definition) is 0. The van der Waals surface area contributed by atoms with E-state index in [1.54, 1.807) is 0 Å². The highest BCUT2D eigenvalue weighted by molar-refractivity contribution is 5.71. The molecule has 0 radical (unpaired) electrons. The topological polar surface area (TPSA) is 78.9 Å². The molecule has 0 amide bonds. The molecule has 0 fully saturated rings. The molecule has 0 bridgehead atoms. The molecule has 6 heteroatoms. The maximum absolute atomic E-state index is 12.8. The SMILES string of the molecule is CC/C=C\C/C=C\C/C=C\C/C=C\C/C=C\C/C=C\C/C=C\C/C=C\CCCCCCC(=O)OCC(COC(=O)CCCCCCCCCCCCC)OC(=O)CCCCCCCCCCCCCC. The molecule has 70 heavy (non-hydrogen) atoms. The number of ether oxygens (including phenoxy) is 3. The van der Waals surface area contributed by atoms with Crippen LogP contribution in [-0.2, 0) is 28.6 Å². The fraction of sp³-hybridized carbons (Fsp3) is 0.703. The molecule has 0 aromatic heterocycles. The van der Waals surface area contributed by atoms with Gasteiger partial charge in [-0.1, -0.05) is 266 Å². The molecule has 6 nitrogen and oxygen atoms in total. The number of allylic oxidation sites excluding steroid dienone is 16.